The first-order chi connectivity index (χ1) is 71.7. The van der Waals surface area contributed by atoms with E-state index in [-0.39, 0.29) is 63.2 Å². The number of benzene rings is 16. The molecule has 732 valence electrons. The number of aryl methyl sites for hydroxylation is 2. The van der Waals surface area contributed by atoms with Crippen molar-refractivity contribution in [3.63, 3.8) is 0 Å². The predicted molar refractivity (Wildman–Crippen MR) is 601 cm³/mol. The number of rotatable bonds is 18. The number of anilines is 9. The van der Waals surface area contributed by atoms with Crippen molar-refractivity contribution in [3.8, 4) is 78.7 Å². The summed E-state index contributed by atoms with van der Waals surface area (Å²) < 4.78 is 53.5. The summed E-state index contributed by atoms with van der Waals surface area (Å²) in [6, 6.07) is 145. The van der Waals surface area contributed by atoms with Crippen molar-refractivity contribution < 1.29 is 89.6 Å². The number of nitrogens with zero attached hydrogens (tertiary/aromatic N) is 9. The van der Waals surface area contributed by atoms with Crippen LogP contribution in [0.25, 0.3) is 188 Å². The Labute approximate surface area is 911 Å². The van der Waals surface area contributed by atoms with Crippen LogP contribution in [-0.4, -0.2) is 46.1 Å². The summed E-state index contributed by atoms with van der Waals surface area (Å²) in [7, 11) is -2.92. The average molecular weight is 2520 g/mol. The van der Waals surface area contributed by atoms with Gasteiger partial charge in [-0.3, -0.25) is 0 Å². The Bertz CT molecular complexity index is 9430. The van der Waals surface area contributed by atoms with E-state index in [2.05, 4.69) is 293 Å². The van der Waals surface area contributed by atoms with Crippen LogP contribution >= 0.6 is 0 Å². The fraction of sp³-hybridized carbons (Fsp3) is 0.0615. The maximum absolute atomic E-state index is 14.7. The molecule has 0 aliphatic rings. The van der Waals surface area contributed by atoms with Crippen molar-refractivity contribution in [2.24, 2.45) is 0 Å². The van der Waals surface area contributed by atoms with Gasteiger partial charge in [0.25, 0.3) is 0 Å². The average Bonchev–Trinajstić information content (AvgIpc) is 1.07. The van der Waals surface area contributed by atoms with Crippen LogP contribution in [-0.2, 0) is 63.2 Å². The summed E-state index contributed by atoms with van der Waals surface area (Å²) in [6.07, 6.45) is 11.2. The number of hydrogen-bond donors (Lipinski definition) is 0. The van der Waals surface area contributed by atoms with Gasteiger partial charge in [0.1, 0.15) is 34.0 Å². The van der Waals surface area contributed by atoms with Crippen LogP contribution in [0.15, 0.2) is 425 Å². The smallest absolute Gasteiger partial charge is 0.455 e. The SMILES string of the molecule is C[Si](C)(C)c1ccc(-c2[c-]c(N(c3[c-]c(-c4cc5c(cn4)oc4ccccc45)ccc3)c3cccc4ccccc34)ccc2)nc1.Cc1cc(-c2ccc([Si](C)(C)C)cn2)[c-]c(N(c2[c-]c(-c3cc4c(cn3)oc3ccccc34)cc(C)c2)c2cccc3ccccc23)c1.Fc1cc(F)cc(-c2ccccc2N(c2[c-]c(-c3cc4c(cn3)oc3ccccc34)ccc2)c2[c-]c(-c3cc4c(cn3)oc3ccccc34)ccc2)c1.[Pt+2].[Pt+2].[Pt+2]. The Morgan fingerprint density at radius 1 is 0.227 bits per heavy atom. The molecule has 0 atom stereocenters. The number of halogens is 2. The number of aromatic nitrogens is 6. The van der Waals surface area contributed by atoms with E-state index in [0.29, 0.717) is 50.7 Å². The van der Waals surface area contributed by atoms with Gasteiger partial charge in [-0.2, -0.15) is 0 Å². The Morgan fingerprint density at radius 2 is 0.507 bits per heavy atom. The van der Waals surface area contributed by atoms with Crippen LogP contribution in [0.2, 0.25) is 39.3 Å². The molecule has 0 radical (unpaired) electrons. The third-order valence-corrected chi connectivity index (χ3v) is 30.9. The minimum absolute atomic E-state index is 0. The van der Waals surface area contributed by atoms with Crippen molar-refractivity contribution in [1.82, 2.24) is 29.9 Å². The summed E-state index contributed by atoms with van der Waals surface area (Å²) in [5.74, 6) is -1.32. The molecule has 10 aromatic heterocycles. The van der Waals surface area contributed by atoms with Crippen molar-refractivity contribution in [1.29, 1.82) is 0 Å². The van der Waals surface area contributed by atoms with Gasteiger partial charge in [0, 0.05) is 77.9 Å². The van der Waals surface area contributed by atoms with Gasteiger partial charge in [-0.25, -0.2) is 8.78 Å². The first kappa shape index (κ1) is 99.8. The van der Waals surface area contributed by atoms with Crippen molar-refractivity contribution in [2.75, 3.05) is 14.7 Å². The molecular weight excluding hydrogens is 2430 g/mol. The van der Waals surface area contributed by atoms with E-state index in [1.165, 1.54) is 33.3 Å². The Morgan fingerprint density at radius 3 is 0.873 bits per heavy atom. The van der Waals surface area contributed by atoms with Crippen LogP contribution < -0.4 is 25.1 Å². The van der Waals surface area contributed by atoms with Gasteiger partial charge >= 0.3 is 63.2 Å². The molecule has 150 heavy (non-hydrogen) atoms. The minimum Gasteiger partial charge on any atom is -0.455 e. The number of fused-ring (bicyclic) bond motifs is 14. The van der Waals surface area contributed by atoms with E-state index >= 15 is 0 Å². The van der Waals surface area contributed by atoms with Crippen molar-refractivity contribution >= 4 is 187 Å². The summed E-state index contributed by atoms with van der Waals surface area (Å²) in [5, 5.41) is 15.5. The maximum atomic E-state index is 14.7. The maximum Gasteiger partial charge on any atom is 2.00 e. The second kappa shape index (κ2) is 41.9. The van der Waals surface area contributed by atoms with E-state index < -0.39 is 27.8 Å². The quantitative estimate of drug-likeness (QED) is 0.0595. The molecule has 10 heterocycles. The molecular formula is C130H91F2N9O4Pt3Si2. The molecule has 0 saturated carbocycles. The van der Waals surface area contributed by atoms with Gasteiger partial charge in [-0.1, -0.05) is 265 Å². The normalized spacial score (nSPS) is 11.5. The molecule has 0 bridgehead atoms. The van der Waals surface area contributed by atoms with Crippen molar-refractivity contribution in [3.05, 3.63) is 466 Å². The van der Waals surface area contributed by atoms with E-state index in [9.17, 15) is 8.78 Å². The molecule has 26 aromatic rings. The van der Waals surface area contributed by atoms with E-state index in [0.717, 1.165) is 195 Å². The summed E-state index contributed by atoms with van der Waals surface area (Å²) in [5.41, 5.74) is 27.4. The number of pyridine rings is 6. The zero-order chi connectivity index (χ0) is 99.7. The molecule has 20 heteroatoms. The van der Waals surface area contributed by atoms with Crippen LogP contribution in [0.4, 0.5) is 60.0 Å². The molecule has 0 N–H and O–H groups in total. The summed E-state index contributed by atoms with van der Waals surface area (Å²) in [6.45, 7) is 18.3. The first-order valence-corrected chi connectivity index (χ1v) is 55.8. The number of para-hydroxylation sites is 5. The molecule has 0 amide bonds. The molecule has 0 unspecified atom stereocenters. The Balaban J connectivity index is 0.000000130. The minimum atomic E-state index is -1.47. The van der Waals surface area contributed by atoms with Gasteiger partial charge in [0.2, 0.25) is 0 Å². The van der Waals surface area contributed by atoms with Crippen LogP contribution in [0.3, 0.4) is 0 Å². The van der Waals surface area contributed by atoms with Gasteiger partial charge in [-0.05, 0) is 150 Å². The molecule has 0 aliphatic heterocycles. The van der Waals surface area contributed by atoms with Gasteiger partial charge in [-0.15, -0.1) is 178 Å². The summed E-state index contributed by atoms with van der Waals surface area (Å²) >= 11 is 0. The molecule has 0 fully saturated rings. The zero-order valence-electron chi connectivity index (χ0n) is 82.5. The first-order valence-electron chi connectivity index (χ1n) is 48.8. The number of furan rings is 4. The van der Waals surface area contributed by atoms with Crippen LogP contribution in [0.5, 0.6) is 0 Å². The zero-order valence-corrected chi connectivity index (χ0v) is 91.4. The predicted octanol–water partition coefficient (Wildman–Crippen LogP) is 34.2. The molecule has 0 aliphatic carbocycles. The molecule has 26 rings (SSSR count). The number of hydrogen-bond acceptors (Lipinski definition) is 13. The Hall–Kier alpha value is -16.1. The third-order valence-electron chi connectivity index (χ3n) is 26.9. The molecule has 0 saturated heterocycles. The monoisotopic (exact) mass is 2520 g/mol. The van der Waals surface area contributed by atoms with E-state index in [1.807, 2.05) is 187 Å². The topological polar surface area (TPSA) is 140 Å². The van der Waals surface area contributed by atoms with Gasteiger partial charge in [0.05, 0.1) is 58.0 Å². The fourth-order valence-electron chi connectivity index (χ4n) is 19.6. The van der Waals surface area contributed by atoms with Crippen molar-refractivity contribution in [2.45, 2.75) is 53.1 Å². The summed E-state index contributed by atoms with van der Waals surface area (Å²) in [4.78, 5) is 35.4. The van der Waals surface area contributed by atoms with E-state index in [4.69, 9.17) is 47.6 Å². The molecule has 0 spiro atoms. The van der Waals surface area contributed by atoms with Crippen LogP contribution in [0.1, 0.15) is 11.1 Å². The standard InChI is InChI=1S/C46H25F2N3O2.C43H35N3OSi.C41H31N3OSi.3Pt/c47-31-19-30(20-32(48)23-31)35-13-1-4-16-42(35)51(33-11-7-9-28(21-33)40-24-38-36-14-2-5-17-43(36)52-45(38)26-49-40)34-12-8-10-29(22-34)41-25-39-37-15-3-6-18-44(37)53-46(39)27-50-41;1-28-19-31(39-18-17-35(26-44-39)48(3,4)5)23-33(21-28)46(41-15-10-12-30-11-6-7-13-36(30)41)34-22-29(2)20-32(24-34)40-25-38-37-14-8-9-16-42(37)47-43(38)27-45-40;1-46(2,3)33-21-22-37(42-26-33)29-13-8-15-31(23-29)44(39-19-10-12-28-11-4-5-17-34(28)39)32-16-9-14-30(24-32)38-25-36-35-18-6-7-20-40(35)45-41(36)27-43-38;;;/h1-20,23-27H;6-22,25-27H,1-5H3;4-22,25-27H,1-3H3;;;/q3*-2;3*+2. The van der Waals surface area contributed by atoms with Gasteiger partial charge < -0.3 is 62.3 Å². The fourth-order valence-corrected chi connectivity index (χ4v) is 21.6. The second-order valence-corrected chi connectivity index (χ2v) is 49.1. The molecule has 13 nitrogen and oxygen atoms in total. The van der Waals surface area contributed by atoms with Gasteiger partial charge in [0.15, 0.2) is 22.3 Å². The largest absolute Gasteiger partial charge is 2.00 e. The van der Waals surface area contributed by atoms with Crippen LogP contribution in [0, 0.1) is 61.9 Å². The Kier molecular flexibility index (Phi) is 27.9. The molecule has 16 aromatic carbocycles. The second-order valence-electron chi connectivity index (χ2n) is 38.9. The third kappa shape index (κ3) is 19.9. The van der Waals surface area contributed by atoms with E-state index in [1.54, 1.807) is 12.4 Å².